The van der Waals surface area contributed by atoms with Crippen molar-refractivity contribution >= 4 is 45.4 Å². The first-order valence-electron chi connectivity index (χ1n) is 5.72. The van der Waals surface area contributed by atoms with Gasteiger partial charge in [0.15, 0.2) is 10.8 Å². The minimum absolute atomic E-state index is 0.293. The highest BCUT2D eigenvalue weighted by molar-refractivity contribution is 7.74. The summed E-state index contributed by atoms with van der Waals surface area (Å²) < 4.78 is 38.6. The lowest BCUT2D eigenvalue weighted by molar-refractivity contribution is -0.137. The number of aromatic amines is 1. The van der Waals surface area contributed by atoms with Crippen LogP contribution in [0.2, 0.25) is 0 Å². The molecule has 0 fully saturated rings. The van der Waals surface area contributed by atoms with Crippen molar-refractivity contribution in [3.05, 3.63) is 39.8 Å². The molecule has 3 aromatic rings. The van der Waals surface area contributed by atoms with Crippen LogP contribution in [-0.4, -0.2) is 15.2 Å². The molecule has 3 rings (SSSR count). The van der Waals surface area contributed by atoms with Crippen molar-refractivity contribution in [2.45, 2.75) is 6.18 Å². The van der Waals surface area contributed by atoms with Crippen molar-refractivity contribution in [3.63, 3.8) is 0 Å². The molecule has 0 radical (unpaired) electrons. The van der Waals surface area contributed by atoms with Gasteiger partial charge in [-0.15, -0.1) is 0 Å². The number of hydrogen-bond donors (Lipinski definition) is 2. The summed E-state index contributed by atoms with van der Waals surface area (Å²) in [7, 11) is 0. The second-order valence-electron chi connectivity index (χ2n) is 4.14. The summed E-state index contributed by atoms with van der Waals surface area (Å²) in [6.45, 7) is 0. The minimum Gasteiger partial charge on any atom is -0.331 e. The van der Waals surface area contributed by atoms with E-state index in [1.54, 1.807) is 6.20 Å². The van der Waals surface area contributed by atoms with Gasteiger partial charge in [0.2, 0.25) is 0 Å². The predicted molar refractivity (Wildman–Crippen MR) is 77.3 cm³/mol. The lowest BCUT2D eigenvalue weighted by atomic mass is 10.2. The normalized spacial score (nSPS) is 11.8. The number of rotatable bonds is 2. The van der Waals surface area contributed by atoms with Crippen molar-refractivity contribution in [1.82, 2.24) is 15.2 Å². The van der Waals surface area contributed by atoms with Gasteiger partial charge in [-0.25, -0.2) is 4.98 Å². The monoisotopic (exact) mass is 328 g/mol. The van der Waals surface area contributed by atoms with Crippen molar-refractivity contribution in [2.24, 2.45) is 0 Å². The summed E-state index contributed by atoms with van der Waals surface area (Å²) in [6, 6.07) is 4.90. The number of halogens is 3. The molecule has 2 N–H and O–H groups in total. The molecule has 9 heteroatoms. The zero-order valence-electron chi connectivity index (χ0n) is 10.2. The van der Waals surface area contributed by atoms with Crippen LogP contribution in [-0.2, 0) is 6.18 Å². The smallest absolute Gasteiger partial charge is 0.331 e. The van der Waals surface area contributed by atoms with E-state index >= 15 is 0 Å². The molecule has 2 aromatic heterocycles. The first-order chi connectivity index (χ1) is 9.93. The molecule has 0 saturated carbocycles. The Hall–Kier alpha value is -2.00. The van der Waals surface area contributed by atoms with Gasteiger partial charge in [0.1, 0.15) is 3.82 Å². The average molecular weight is 328 g/mol. The molecule has 0 aliphatic rings. The maximum atomic E-state index is 12.7. The van der Waals surface area contributed by atoms with E-state index < -0.39 is 11.7 Å². The van der Waals surface area contributed by atoms with E-state index in [-0.39, 0.29) is 0 Å². The highest BCUT2D eigenvalue weighted by atomic mass is 32.1. The molecule has 0 amide bonds. The first-order valence-corrected chi connectivity index (χ1v) is 6.94. The Bertz CT molecular complexity index is 853. The van der Waals surface area contributed by atoms with Crippen LogP contribution in [0.1, 0.15) is 5.56 Å². The Morgan fingerprint density at radius 3 is 2.86 bits per heavy atom. The Morgan fingerprint density at radius 2 is 2.10 bits per heavy atom. The van der Waals surface area contributed by atoms with Gasteiger partial charge in [0, 0.05) is 5.69 Å². The van der Waals surface area contributed by atoms with E-state index in [1.165, 1.54) is 23.5 Å². The second-order valence-corrected chi connectivity index (χ2v) is 5.81. The molecule has 0 atom stereocenters. The lowest BCUT2D eigenvalue weighted by Gasteiger charge is -2.09. The van der Waals surface area contributed by atoms with E-state index in [0.717, 1.165) is 12.1 Å². The van der Waals surface area contributed by atoms with Gasteiger partial charge >= 0.3 is 6.18 Å². The summed E-state index contributed by atoms with van der Waals surface area (Å²) in [5.74, 6) is 0. The van der Waals surface area contributed by atoms with Crippen LogP contribution in [0.3, 0.4) is 0 Å². The van der Waals surface area contributed by atoms with E-state index in [4.69, 9.17) is 12.2 Å². The first kappa shape index (κ1) is 14.0. The van der Waals surface area contributed by atoms with Gasteiger partial charge in [-0.05, 0) is 18.2 Å². The number of nitrogens with zero attached hydrogens (tertiary/aromatic N) is 2. The number of nitrogens with one attached hydrogen (secondary N) is 2. The van der Waals surface area contributed by atoms with Crippen molar-refractivity contribution in [2.75, 3.05) is 5.32 Å². The number of benzene rings is 1. The Kier molecular flexibility index (Phi) is 3.38. The number of alkyl halides is 3. The molecule has 2 heterocycles. The molecule has 21 heavy (non-hydrogen) atoms. The third-order valence-corrected chi connectivity index (χ3v) is 3.94. The van der Waals surface area contributed by atoms with Gasteiger partial charge < -0.3 is 5.32 Å². The standard InChI is InChI=1S/C12H7F3N4S2/c13-12(14,15)6-2-1-3-7(4-6)17-11-18-9-8(5-16-19-9)10(20)21-11/h1-5H,(H2,16,17,18,19). The zero-order valence-corrected chi connectivity index (χ0v) is 11.9. The fourth-order valence-electron chi connectivity index (χ4n) is 1.73. The summed E-state index contributed by atoms with van der Waals surface area (Å²) in [5.41, 5.74) is 0.0637. The highest BCUT2D eigenvalue weighted by Crippen LogP contribution is 2.32. The van der Waals surface area contributed by atoms with Crippen LogP contribution in [0.4, 0.5) is 24.0 Å². The minimum atomic E-state index is -4.38. The largest absolute Gasteiger partial charge is 0.416 e. The zero-order chi connectivity index (χ0) is 15.0. The molecule has 1 aromatic carbocycles. The maximum absolute atomic E-state index is 12.7. The number of hydrogen-bond acceptors (Lipinski definition) is 5. The molecule has 4 nitrogen and oxygen atoms in total. The fraction of sp³-hybridized carbons (Fsp3) is 0.0833. The molecule has 0 saturated heterocycles. The van der Waals surface area contributed by atoms with Crippen molar-refractivity contribution in [1.29, 1.82) is 0 Å². The summed E-state index contributed by atoms with van der Waals surface area (Å²) in [4.78, 5) is 4.22. The molecule has 0 spiro atoms. The third-order valence-electron chi connectivity index (χ3n) is 2.68. The van der Waals surface area contributed by atoms with Crippen LogP contribution in [0.25, 0.3) is 11.0 Å². The Balaban J connectivity index is 1.97. The van der Waals surface area contributed by atoms with Gasteiger partial charge in [-0.3, -0.25) is 5.10 Å². The number of anilines is 2. The van der Waals surface area contributed by atoms with Crippen molar-refractivity contribution in [3.8, 4) is 0 Å². The van der Waals surface area contributed by atoms with E-state index in [9.17, 15) is 13.2 Å². The second kappa shape index (κ2) is 5.08. The quantitative estimate of drug-likeness (QED) is 0.680. The van der Waals surface area contributed by atoms with E-state index in [2.05, 4.69) is 20.5 Å². The third kappa shape index (κ3) is 2.88. The molecule has 0 aliphatic heterocycles. The molecule has 0 unspecified atom stereocenters. The molecule has 0 aliphatic carbocycles. The number of aromatic nitrogens is 3. The summed E-state index contributed by atoms with van der Waals surface area (Å²) >= 11 is 6.37. The molecular weight excluding hydrogens is 321 g/mol. The van der Waals surface area contributed by atoms with E-state index in [1.807, 2.05) is 0 Å². The predicted octanol–water partition coefficient (Wildman–Crippen LogP) is 4.51. The van der Waals surface area contributed by atoms with Crippen LogP contribution >= 0.6 is 23.6 Å². The Morgan fingerprint density at radius 1 is 1.29 bits per heavy atom. The van der Waals surface area contributed by atoms with Gasteiger partial charge in [0.05, 0.1) is 17.1 Å². The SMILES string of the molecule is FC(F)(F)c1cccc(Nc2nc3[nH]ncc3c(=S)s2)c1. The van der Waals surface area contributed by atoms with E-state index in [0.29, 0.717) is 25.7 Å². The average Bonchev–Trinajstić information content (AvgIpc) is 2.87. The molecular formula is C12H7F3N4S2. The highest BCUT2D eigenvalue weighted by Gasteiger charge is 2.30. The van der Waals surface area contributed by atoms with Crippen LogP contribution in [0.15, 0.2) is 30.5 Å². The van der Waals surface area contributed by atoms with Gasteiger partial charge in [-0.2, -0.15) is 18.3 Å². The molecule has 108 valence electrons. The van der Waals surface area contributed by atoms with Gasteiger partial charge in [0.25, 0.3) is 0 Å². The molecule has 0 bridgehead atoms. The lowest BCUT2D eigenvalue weighted by Crippen LogP contribution is -2.05. The summed E-state index contributed by atoms with van der Waals surface area (Å²) in [6.07, 6.45) is -2.82. The van der Waals surface area contributed by atoms with Crippen LogP contribution < -0.4 is 5.32 Å². The summed E-state index contributed by atoms with van der Waals surface area (Å²) in [5, 5.41) is 10.5. The number of fused-ring (bicyclic) bond motifs is 1. The fourth-order valence-corrected chi connectivity index (χ4v) is 2.86. The van der Waals surface area contributed by atoms with Crippen LogP contribution in [0.5, 0.6) is 0 Å². The number of H-pyrrole nitrogens is 1. The maximum Gasteiger partial charge on any atom is 0.416 e. The van der Waals surface area contributed by atoms with Crippen LogP contribution in [0, 0.1) is 3.82 Å². The Labute approximate surface area is 125 Å². The topological polar surface area (TPSA) is 53.6 Å². The van der Waals surface area contributed by atoms with Crippen molar-refractivity contribution < 1.29 is 13.2 Å². The van der Waals surface area contributed by atoms with Gasteiger partial charge in [-0.1, -0.05) is 29.6 Å².